The number of nitrogens with one attached hydrogen (secondary N) is 1. The van der Waals surface area contributed by atoms with Crippen molar-refractivity contribution in [1.29, 1.82) is 0 Å². The molecule has 0 aliphatic carbocycles. The zero-order valence-electron chi connectivity index (χ0n) is 11.5. The fraction of sp³-hybridized carbons (Fsp3) is 0.714. The van der Waals surface area contributed by atoms with E-state index in [1.165, 1.54) is 0 Å². The molecule has 1 saturated heterocycles. The Bertz CT molecular complexity index is 363. The standard InChI is InChI=1S/C14H22N2O2/c1-5-8-15-12(17)11-7-6-9-16(10-11)13(18)14(2,3)4/h1,11H,6-10H2,2-4H3,(H,15,17). The van der Waals surface area contributed by atoms with Gasteiger partial charge in [0.05, 0.1) is 12.5 Å². The summed E-state index contributed by atoms with van der Waals surface area (Å²) < 4.78 is 0. The molecule has 0 aromatic rings. The molecule has 4 heteroatoms. The Balaban J connectivity index is 2.59. The van der Waals surface area contributed by atoms with E-state index in [9.17, 15) is 9.59 Å². The van der Waals surface area contributed by atoms with Crippen molar-refractivity contribution in [2.45, 2.75) is 33.6 Å². The molecule has 1 heterocycles. The first-order valence-corrected chi connectivity index (χ1v) is 6.37. The van der Waals surface area contributed by atoms with Gasteiger partial charge in [-0.15, -0.1) is 6.42 Å². The molecule has 0 bridgehead atoms. The quantitative estimate of drug-likeness (QED) is 0.744. The normalized spacial score (nSPS) is 20.1. The molecule has 1 unspecified atom stereocenters. The fourth-order valence-electron chi connectivity index (χ4n) is 2.13. The number of hydrogen-bond donors (Lipinski definition) is 1. The van der Waals surface area contributed by atoms with Crippen molar-refractivity contribution in [3.05, 3.63) is 0 Å². The molecule has 1 aliphatic heterocycles. The van der Waals surface area contributed by atoms with Gasteiger partial charge in [0, 0.05) is 18.5 Å². The van der Waals surface area contributed by atoms with Crippen LogP contribution >= 0.6 is 0 Å². The second-order valence-corrected chi connectivity index (χ2v) is 5.76. The summed E-state index contributed by atoms with van der Waals surface area (Å²) in [6, 6.07) is 0. The van der Waals surface area contributed by atoms with Gasteiger partial charge in [-0.2, -0.15) is 0 Å². The van der Waals surface area contributed by atoms with Gasteiger partial charge in [0.1, 0.15) is 0 Å². The van der Waals surface area contributed by atoms with Crippen LogP contribution in [0.3, 0.4) is 0 Å². The van der Waals surface area contributed by atoms with Gasteiger partial charge in [-0.05, 0) is 12.8 Å². The lowest BCUT2D eigenvalue weighted by Gasteiger charge is -2.35. The molecule has 1 fully saturated rings. The van der Waals surface area contributed by atoms with Crippen LogP contribution in [0.15, 0.2) is 0 Å². The van der Waals surface area contributed by atoms with E-state index in [1.54, 1.807) is 4.90 Å². The summed E-state index contributed by atoms with van der Waals surface area (Å²) in [6.45, 7) is 7.20. The summed E-state index contributed by atoms with van der Waals surface area (Å²) in [5.74, 6) is 2.32. The molecule has 1 rings (SSSR count). The maximum absolute atomic E-state index is 12.2. The minimum Gasteiger partial charge on any atom is -0.345 e. The SMILES string of the molecule is C#CCNC(=O)C1CCCN(C(=O)C(C)(C)C)C1. The molecule has 1 atom stereocenters. The van der Waals surface area contributed by atoms with Gasteiger partial charge in [-0.1, -0.05) is 26.7 Å². The molecule has 0 aromatic heterocycles. The van der Waals surface area contributed by atoms with E-state index in [2.05, 4.69) is 11.2 Å². The predicted molar refractivity (Wildman–Crippen MR) is 70.6 cm³/mol. The lowest BCUT2D eigenvalue weighted by Crippen LogP contribution is -2.48. The maximum atomic E-state index is 12.2. The summed E-state index contributed by atoms with van der Waals surface area (Å²) in [5, 5.41) is 2.69. The topological polar surface area (TPSA) is 49.4 Å². The van der Waals surface area contributed by atoms with Crippen LogP contribution in [0.2, 0.25) is 0 Å². The van der Waals surface area contributed by atoms with Gasteiger partial charge in [0.2, 0.25) is 11.8 Å². The molecular formula is C14H22N2O2. The largest absolute Gasteiger partial charge is 0.345 e. The molecule has 1 N–H and O–H groups in total. The predicted octanol–water partition coefficient (Wildman–Crippen LogP) is 1.02. The summed E-state index contributed by atoms with van der Waals surface area (Å²) in [4.78, 5) is 25.8. The van der Waals surface area contributed by atoms with Gasteiger partial charge in [-0.3, -0.25) is 9.59 Å². The number of carbonyl (C=O) groups excluding carboxylic acids is 2. The fourth-order valence-corrected chi connectivity index (χ4v) is 2.13. The van der Waals surface area contributed by atoms with Crippen LogP contribution in [0.4, 0.5) is 0 Å². The van der Waals surface area contributed by atoms with Crippen molar-refractivity contribution in [3.8, 4) is 12.3 Å². The zero-order chi connectivity index (χ0) is 13.8. The van der Waals surface area contributed by atoms with Crippen molar-refractivity contribution in [2.75, 3.05) is 19.6 Å². The van der Waals surface area contributed by atoms with Crippen molar-refractivity contribution in [2.24, 2.45) is 11.3 Å². The highest BCUT2D eigenvalue weighted by Crippen LogP contribution is 2.23. The number of likely N-dealkylation sites (tertiary alicyclic amines) is 1. The Hall–Kier alpha value is -1.50. The number of carbonyl (C=O) groups is 2. The maximum Gasteiger partial charge on any atom is 0.227 e. The summed E-state index contributed by atoms with van der Waals surface area (Å²) in [5.41, 5.74) is -0.392. The van der Waals surface area contributed by atoms with Gasteiger partial charge in [0.25, 0.3) is 0 Å². The highest BCUT2D eigenvalue weighted by molar-refractivity contribution is 5.84. The molecular weight excluding hydrogens is 228 g/mol. The average Bonchev–Trinajstić information content (AvgIpc) is 2.34. The molecule has 4 nitrogen and oxygen atoms in total. The molecule has 2 amide bonds. The van der Waals surface area contributed by atoms with Gasteiger partial charge in [0.15, 0.2) is 0 Å². The first-order valence-electron chi connectivity index (χ1n) is 6.37. The van der Waals surface area contributed by atoms with Gasteiger partial charge >= 0.3 is 0 Å². The van der Waals surface area contributed by atoms with Crippen LogP contribution in [0, 0.1) is 23.7 Å². The molecule has 1 aliphatic rings. The monoisotopic (exact) mass is 250 g/mol. The molecule has 0 saturated carbocycles. The van der Waals surface area contributed by atoms with Crippen LogP contribution in [-0.2, 0) is 9.59 Å². The number of hydrogen-bond acceptors (Lipinski definition) is 2. The first-order chi connectivity index (χ1) is 8.36. The Morgan fingerprint density at radius 1 is 1.44 bits per heavy atom. The zero-order valence-corrected chi connectivity index (χ0v) is 11.5. The highest BCUT2D eigenvalue weighted by Gasteiger charge is 2.33. The minimum atomic E-state index is -0.392. The van der Waals surface area contributed by atoms with Crippen LogP contribution in [0.25, 0.3) is 0 Å². The van der Waals surface area contributed by atoms with E-state index in [1.807, 2.05) is 20.8 Å². The molecule has 18 heavy (non-hydrogen) atoms. The van der Waals surface area contributed by atoms with Crippen molar-refractivity contribution in [3.63, 3.8) is 0 Å². The van der Waals surface area contributed by atoms with Crippen LogP contribution in [-0.4, -0.2) is 36.3 Å². The van der Waals surface area contributed by atoms with Crippen LogP contribution in [0.5, 0.6) is 0 Å². The Labute approximate surface area is 109 Å². The second-order valence-electron chi connectivity index (χ2n) is 5.76. The summed E-state index contributed by atoms with van der Waals surface area (Å²) >= 11 is 0. The van der Waals surface area contributed by atoms with E-state index >= 15 is 0 Å². The van der Waals surface area contributed by atoms with E-state index in [4.69, 9.17) is 6.42 Å². The van der Waals surface area contributed by atoms with Crippen LogP contribution < -0.4 is 5.32 Å². The highest BCUT2D eigenvalue weighted by atomic mass is 16.2. The molecule has 0 spiro atoms. The number of amides is 2. The summed E-state index contributed by atoms with van der Waals surface area (Å²) in [7, 11) is 0. The van der Waals surface area contributed by atoms with Crippen LogP contribution in [0.1, 0.15) is 33.6 Å². The smallest absolute Gasteiger partial charge is 0.227 e. The van der Waals surface area contributed by atoms with E-state index in [0.29, 0.717) is 6.54 Å². The van der Waals surface area contributed by atoms with E-state index in [-0.39, 0.29) is 24.3 Å². The third kappa shape index (κ3) is 3.76. The van der Waals surface area contributed by atoms with Crippen molar-refractivity contribution >= 4 is 11.8 Å². The lowest BCUT2D eigenvalue weighted by atomic mass is 9.91. The second kappa shape index (κ2) is 5.90. The van der Waals surface area contributed by atoms with Gasteiger partial charge in [-0.25, -0.2) is 0 Å². The third-order valence-electron chi connectivity index (χ3n) is 3.09. The van der Waals surface area contributed by atoms with E-state index < -0.39 is 5.41 Å². The molecule has 100 valence electrons. The average molecular weight is 250 g/mol. The summed E-state index contributed by atoms with van der Waals surface area (Å²) in [6.07, 6.45) is 6.80. The van der Waals surface area contributed by atoms with E-state index in [0.717, 1.165) is 19.4 Å². The Morgan fingerprint density at radius 2 is 2.11 bits per heavy atom. The number of terminal acetylenes is 1. The van der Waals surface area contributed by atoms with Crippen molar-refractivity contribution in [1.82, 2.24) is 10.2 Å². The number of piperidine rings is 1. The first kappa shape index (κ1) is 14.6. The Kier molecular flexibility index (Phi) is 4.77. The number of nitrogens with zero attached hydrogens (tertiary/aromatic N) is 1. The third-order valence-corrected chi connectivity index (χ3v) is 3.09. The van der Waals surface area contributed by atoms with Gasteiger partial charge < -0.3 is 10.2 Å². The lowest BCUT2D eigenvalue weighted by molar-refractivity contribution is -0.142. The molecule has 0 radical (unpaired) electrons. The minimum absolute atomic E-state index is 0.0423. The van der Waals surface area contributed by atoms with Crippen molar-refractivity contribution < 1.29 is 9.59 Å². The molecule has 0 aromatic carbocycles. The Morgan fingerprint density at radius 3 is 2.67 bits per heavy atom. The number of rotatable bonds is 2.